The first-order valence-corrected chi connectivity index (χ1v) is 4.74. The third-order valence-corrected chi connectivity index (χ3v) is 2.05. The first-order chi connectivity index (χ1) is 7.04. The topological polar surface area (TPSA) is 46.5 Å². The molecule has 0 aliphatic heterocycles. The fourth-order valence-electron chi connectivity index (χ4n) is 1.02. The van der Waals surface area contributed by atoms with E-state index in [1.54, 1.807) is 13.0 Å². The number of ether oxygens (including phenoxy) is 1. The molecule has 1 N–H and O–H groups in total. The van der Waals surface area contributed by atoms with Crippen LogP contribution in [-0.2, 0) is 0 Å². The summed E-state index contributed by atoms with van der Waals surface area (Å²) in [4.78, 5) is 10.9. The SMILES string of the molecule is C=CC(C)Oc1cc(Cl)ccc1C(=O)O. The highest BCUT2D eigenvalue weighted by Crippen LogP contribution is 2.24. The van der Waals surface area contributed by atoms with Crippen molar-refractivity contribution in [2.45, 2.75) is 13.0 Å². The van der Waals surface area contributed by atoms with E-state index in [2.05, 4.69) is 6.58 Å². The highest BCUT2D eigenvalue weighted by Gasteiger charge is 2.12. The summed E-state index contributed by atoms with van der Waals surface area (Å²) < 4.78 is 5.35. The van der Waals surface area contributed by atoms with Crippen molar-refractivity contribution in [3.05, 3.63) is 41.4 Å². The average Bonchev–Trinajstić information content (AvgIpc) is 2.17. The Morgan fingerprint density at radius 2 is 2.33 bits per heavy atom. The molecule has 0 heterocycles. The minimum Gasteiger partial charge on any atom is -0.486 e. The average molecular weight is 227 g/mol. The zero-order chi connectivity index (χ0) is 11.4. The van der Waals surface area contributed by atoms with Crippen LogP contribution >= 0.6 is 11.6 Å². The molecule has 0 saturated carbocycles. The lowest BCUT2D eigenvalue weighted by Gasteiger charge is -2.12. The number of rotatable bonds is 4. The Bertz CT molecular complexity index is 387. The van der Waals surface area contributed by atoms with E-state index >= 15 is 0 Å². The fraction of sp³-hybridized carbons (Fsp3) is 0.182. The van der Waals surface area contributed by atoms with Gasteiger partial charge < -0.3 is 9.84 Å². The second-order valence-electron chi connectivity index (χ2n) is 3.00. The Labute approximate surface area is 92.9 Å². The molecule has 3 nitrogen and oxygen atoms in total. The van der Waals surface area contributed by atoms with Crippen molar-refractivity contribution in [1.82, 2.24) is 0 Å². The monoisotopic (exact) mass is 226 g/mol. The van der Waals surface area contributed by atoms with E-state index in [9.17, 15) is 4.79 Å². The van der Waals surface area contributed by atoms with Crippen molar-refractivity contribution >= 4 is 17.6 Å². The summed E-state index contributed by atoms with van der Waals surface area (Å²) in [5, 5.41) is 9.33. The van der Waals surface area contributed by atoms with Gasteiger partial charge in [-0.25, -0.2) is 4.79 Å². The van der Waals surface area contributed by atoms with E-state index in [0.29, 0.717) is 5.02 Å². The Morgan fingerprint density at radius 1 is 1.67 bits per heavy atom. The van der Waals surface area contributed by atoms with Gasteiger partial charge in [-0.2, -0.15) is 0 Å². The third kappa shape index (κ3) is 2.99. The van der Waals surface area contributed by atoms with E-state index < -0.39 is 5.97 Å². The van der Waals surface area contributed by atoms with Crippen molar-refractivity contribution in [1.29, 1.82) is 0 Å². The van der Waals surface area contributed by atoms with Crippen molar-refractivity contribution in [3.63, 3.8) is 0 Å². The minimum absolute atomic E-state index is 0.0908. The molecule has 0 fully saturated rings. The van der Waals surface area contributed by atoms with Gasteiger partial charge in [-0.15, -0.1) is 0 Å². The molecule has 15 heavy (non-hydrogen) atoms. The summed E-state index contributed by atoms with van der Waals surface area (Å²) in [6.45, 7) is 5.31. The van der Waals surface area contributed by atoms with Crippen LogP contribution in [0.4, 0.5) is 0 Å². The number of benzene rings is 1. The van der Waals surface area contributed by atoms with E-state index in [1.807, 2.05) is 0 Å². The Kier molecular flexibility index (Phi) is 3.74. The van der Waals surface area contributed by atoms with E-state index in [-0.39, 0.29) is 17.4 Å². The summed E-state index contributed by atoms with van der Waals surface area (Å²) >= 11 is 5.75. The molecule has 1 unspecified atom stereocenters. The largest absolute Gasteiger partial charge is 0.486 e. The molecule has 0 saturated heterocycles. The fourth-order valence-corrected chi connectivity index (χ4v) is 1.18. The number of aromatic carboxylic acids is 1. The van der Waals surface area contributed by atoms with Gasteiger partial charge >= 0.3 is 5.97 Å². The van der Waals surface area contributed by atoms with Crippen LogP contribution in [0.2, 0.25) is 5.02 Å². The molecule has 4 heteroatoms. The number of hydrogen-bond acceptors (Lipinski definition) is 2. The molecule has 0 amide bonds. The van der Waals surface area contributed by atoms with Crippen LogP contribution in [0, 0.1) is 0 Å². The van der Waals surface area contributed by atoms with Gasteiger partial charge in [-0.05, 0) is 25.1 Å². The molecule has 0 aliphatic rings. The minimum atomic E-state index is -1.04. The lowest BCUT2D eigenvalue weighted by atomic mass is 10.2. The normalized spacial score (nSPS) is 11.9. The Balaban J connectivity index is 3.07. The first-order valence-electron chi connectivity index (χ1n) is 4.36. The van der Waals surface area contributed by atoms with Gasteiger partial charge in [-0.3, -0.25) is 0 Å². The maximum Gasteiger partial charge on any atom is 0.339 e. The second-order valence-corrected chi connectivity index (χ2v) is 3.44. The Morgan fingerprint density at radius 3 is 2.87 bits per heavy atom. The van der Waals surface area contributed by atoms with Crippen molar-refractivity contribution in [3.8, 4) is 5.75 Å². The number of carboxylic acid groups (broad SMARTS) is 1. The molecular formula is C11H11ClO3. The summed E-state index contributed by atoms with van der Waals surface area (Å²) in [6.07, 6.45) is 1.31. The first kappa shape index (κ1) is 11.6. The lowest BCUT2D eigenvalue weighted by molar-refractivity contribution is 0.0691. The molecule has 0 bridgehead atoms. The van der Waals surface area contributed by atoms with E-state index in [0.717, 1.165) is 0 Å². The molecule has 1 aromatic carbocycles. The highest BCUT2D eigenvalue weighted by molar-refractivity contribution is 6.30. The van der Waals surface area contributed by atoms with Gasteiger partial charge in [0.05, 0.1) is 0 Å². The zero-order valence-electron chi connectivity index (χ0n) is 8.24. The zero-order valence-corrected chi connectivity index (χ0v) is 8.99. The summed E-state index contributed by atoms with van der Waals surface area (Å²) in [6, 6.07) is 4.40. The van der Waals surface area contributed by atoms with Crippen LogP contribution in [0.3, 0.4) is 0 Å². The van der Waals surface area contributed by atoms with Crippen LogP contribution in [0.25, 0.3) is 0 Å². The van der Waals surface area contributed by atoms with Crippen molar-refractivity contribution in [2.75, 3.05) is 0 Å². The van der Waals surface area contributed by atoms with Crippen molar-refractivity contribution < 1.29 is 14.6 Å². The van der Waals surface area contributed by atoms with Crippen LogP contribution in [0.15, 0.2) is 30.9 Å². The van der Waals surface area contributed by atoms with Crippen molar-refractivity contribution in [2.24, 2.45) is 0 Å². The molecule has 1 aromatic rings. The third-order valence-electron chi connectivity index (χ3n) is 1.82. The van der Waals surface area contributed by atoms with Crippen LogP contribution in [0.5, 0.6) is 5.75 Å². The van der Waals surface area contributed by atoms with Gasteiger partial charge in [0.1, 0.15) is 17.4 Å². The maximum absolute atomic E-state index is 10.9. The van der Waals surface area contributed by atoms with Crippen LogP contribution in [-0.4, -0.2) is 17.2 Å². The quantitative estimate of drug-likeness (QED) is 0.803. The smallest absolute Gasteiger partial charge is 0.339 e. The Hall–Kier alpha value is -1.48. The maximum atomic E-state index is 10.9. The summed E-state index contributed by atoms with van der Waals surface area (Å²) in [5.41, 5.74) is 0.0908. The molecule has 0 radical (unpaired) electrons. The molecule has 80 valence electrons. The van der Waals surface area contributed by atoms with Gasteiger partial charge in [0.15, 0.2) is 0 Å². The molecule has 0 aliphatic carbocycles. The van der Waals surface area contributed by atoms with Crippen LogP contribution < -0.4 is 4.74 Å². The van der Waals surface area contributed by atoms with Gasteiger partial charge in [-0.1, -0.05) is 24.3 Å². The summed E-state index contributed by atoms with van der Waals surface area (Å²) in [7, 11) is 0. The standard InChI is InChI=1S/C11H11ClO3/c1-3-7(2)15-10-6-8(12)4-5-9(10)11(13)14/h3-7H,1H2,2H3,(H,13,14). The molecule has 1 rings (SSSR count). The number of carboxylic acids is 1. The highest BCUT2D eigenvalue weighted by atomic mass is 35.5. The summed E-state index contributed by atoms with van der Waals surface area (Å²) in [5.74, 6) is -0.791. The second kappa shape index (κ2) is 4.84. The van der Waals surface area contributed by atoms with E-state index in [1.165, 1.54) is 18.2 Å². The van der Waals surface area contributed by atoms with Gasteiger partial charge in [0.2, 0.25) is 0 Å². The lowest BCUT2D eigenvalue weighted by Crippen LogP contribution is -2.10. The predicted molar refractivity (Wildman–Crippen MR) is 58.7 cm³/mol. The van der Waals surface area contributed by atoms with Gasteiger partial charge in [0.25, 0.3) is 0 Å². The number of hydrogen-bond donors (Lipinski definition) is 1. The van der Waals surface area contributed by atoms with Crippen LogP contribution in [0.1, 0.15) is 17.3 Å². The number of halogens is 1. The molecule has 1 atom stereocenters. The van der Waals surface area contributed by atoms with Gasteiger partial charge in [0, 0.05) is 5.02 Å². The molecule has 0 aromatic heterocycles. The predicted octanol–water partition coefficient (Wildman–Crippen LogP) is 2.99. The van der Waals surface area contributed by atoms with E-state index in [4.69, 9.17) is 21.4 Å². The molecule has 0 spiro atoms. The molecular weight excluding hydrogens is 216 g/mol. The number of carbonyl (C=O) groups is 1.